The van der Waals surface area contributed by atoms with Crippen LogP contribution in [0.3, 0.4) is 0 Å². The van der Waals surface area contributed by atoms with E-state index in [-0.39, 0.29) is 41.9 Å². The molecule has 0 amide bonds. The van der Waals surface area contributed by atoms with E-state index in [0.29, 0.717) is 19.0 Å². The Balaban J connectivity index is 0.00000288. The summed E-state index contributed by atoms with van der Waals surface area (Å²) in [5.74, 6) is -0.797. The van der Waals surface area contributed by atoms with Gasteiger partial charge in [-0.05, 0) is 42.8 Å². The topological polar surface area (TPSA) is 36.4 Å². The first kappa shape index (κ1) is 20.3. The fourth-order valence-corrected chi connectivity index (χ4v) is 1.96. The van der Waals surface area contributed by atoms with E-state index in [1.165, 1.54) is 12.1 Å². The van der Waals surface area contributed by atoms with Crippen molar-refractivity contribution in [1.82, 2.24) is 10.6 Å². The fraction of sp³-hybridized carbons (Fsp3) is 0.235. The van der Waals surface area contributed by atoms with Gasteiger partial charge in [-0.25, -0.2) is 18.2 Å². The van der Waals surface area contributed by atoms with E-state index in [1.54, 1.807) is 12.1 Å². The van der Waals surface area contributed by atoms with Crippen molar-refractivity contribution in [2.45, 2.75) is 20.0 Å². The highest BCUT2D eigenvalue weighted by Crippen LogP contribution is 2.09. The summed E-state index contributed by atoms with van der Waals surface area (Å²) in [5.41, 5.74) is 1.07. The van der Waals surface area contributed by atoms with Gasteiger partial charge in [0.15, 0.2) is 5.96 Å². The van der Waals surface area contributed by atoms with Crippen molar-refractivity contribution in [2.75, 3.05) is 6.54 Å². The third kappa shape index (κ3) is 6.38. The van der Waals surface area contributed by atoms with Crippen LogP contribution < -0.4 is 10.6 Å². The maximum Gasteiger partial charge on any atom is 0.191 e. The summed E-state index contributed by atoms with van der Waals surface area (Å²) < 4.78 is 39.6. The number of rotatable bonds is 5. The molecule has 2 aromatic carbocycles. The summed E-state index contributed by atoms with van der Waals surface area (Å²) in [6.07, 6.45) is 0. The number of benzene rings is 2. The number of hydrogen-bond acceptors (Lipinski definition) is 1. The summed E-state index contributed by atoms with van der Waals surface area (Å²) >= 11 is 0. The summed E-state index contributed by atoms with van der Waals surface area (Å²) in [6, 6.07) is 9.34. The van der Waals surface area contributed by atoms with Crippen LogP contribution in [-0.2, 0) is 13.1 Å². The Morgan fingerprint density at radius 1 is 0.958 bits per heavy atom. The second-order valence-corrected chi connectivity index (χ2v) is 4.91. The fourth-order valence-electron chi connectivity index (χ4n) is 1.96. The molecule has 0 aromatic heterocycles. The zero-order valence-electron chi connectivity index (χ0n) is 13.2. The van der Waals surface area contributed by atoms with Gasteiger partial charge in [0.1, 0.15) is 17.5 Å². The second kappa shape index (κ2) is 10.2. The Morgan fingerprint density at radius 3 is 2.29 bits per heavy atom. The Kier molecular flexibility index (Phi) is 8.59. The van der Waals surface area contributed by atoms with Crippen molar-refractivity contribution < 1.29 is 13.2 Å². The molecule has 7 heteroatoms. The molecule has 0 aliphatic rings. The van der Waals surface area contributed by atoms with Crippen LogP contribution in [0.25, 0.3) is 0 Å². The largest absolute Gasteiger partial charge is 0.357 e. The average molecular weight is 449 g/mol. The molecule has 2 rings (SSSR count). The SMILES string of the molecule is CCNC(=NCc1ccc(F)cc1)NCc1cc(F)ccc1F.I. The van der Waals surface area contributed by atoms with Crippen LogP contribution in [0.15, 0.2) is 47.5 Å². The smallest absolute Gasteiger partial charge is 0.191 e. The minimum absolute atomic E-state index is 0. The lowest BCUT2D eigenvalue weighted by atomic mass is 10.2. The number of nitrogens with zero attached hydrogens (tertiary/aromatic N) is 1. The van der Waals surface area contributed by atoms with Crippen LogP contribution in [0.2, 0.25) is 0 Å². The number of aliphatic imine (C=N–C) groups is 1. The third-order valence-corrected chi connectivity index (χ3v) is 3.13. The van der Waals surface area contributed by atoms with Crippen molar-refractivity contribution >= 4 is 29.9 Å². The molecule has 0 fully saturated rings. The van der Waals surface area contributed by atoms with Crippen LogP contribution in [0.5, 0.6) is 0 Å². The Morgan fingerprint density at radius 2 is 1.62 bits per heavy atom. The van der Waals surface area contributed by atoms with Gasteiger partial charge in [-0.1, -0.05) is 12.1 Å². The van der Waals surface area contributed by atoms with Gasteiger partial charge >= 0.3 is 0 Å². The highest BCUT2D eigenvalue weighted by atomic mass is 127. The number of guanidine groups is 1. The van der Waals surface area contributed by atoms with E-state index in [2.05, 4.69) is 15.6 Å². The van der Waals surface area contributed by atoms with Gasteiger partial charge in [0.25, 0.3) is 0 Å². The van der Waals surface area contributed by atoms with Crippen LogP contribution in [0, 0.1) is 17.5 Å². The first-order chi connectivity index (χ1) is 11.1. The summed E-state index contributed by atoms with van der Waals surface area (Å²) in [6.45, 7) is 2.98. The van der Waals surface area contributed by atoms with Gasteiger partial charge in [-0.15, -0.1) is 24.0 Å². The van der Waals surface area contributed by atoms with Crippen molar-refractivity contribution in [3.8, 4) is 0 Å². The first-order valence-electron chi connectivity index (χ1n) is 7.29. The molecular weight excluding hydrogens is 430 g/mol. The number of hydrogen-bond donors (Lipinski definition) is 2. The molecule has 0 heterocycles. The van der Waals surface area contributed by atoms with Crippen LogP contribution in [0.1, 0.15) is 18.1 Å². The van der Waals surface area contributed by atoms with Crippen LogP contribution in [-0.4, -0.2) is 12.5 Å². The highest BCUT2D eigenvalue weighted by molar-refractivity contribution is 14.0. The van der Waals surface area contributed by atoms with Crippen molar-refractivity contribution in [1.29, 1.82) is 0 Å². The minimum atomic E-state index is -0.489. The normalized spacial score (nSPS) is 10.9. The molecular formula is C17H19F3IN3. The second-order valence-electron chi connectivity index (χ2n) is 4.91. The predicted octanol–water partition coefficient (Wildman–Crippen LogP) is 3.98. The molecule has 0 bridgehead atoms. The molecule has 0 radical (unpaired) electrons. The lowest BCUT2D eigenvalue weighted by Gasteiger charge is -2.12. The highest BCUT2D eigenvalue weighted by Gasteiger charge is 2.05. The molecule has 0 saturated carbocycles. The zero-order valence-corrected chi connectivity index (χ0v) is 15.5. The van der Waals surface area contributed by atoms with E-state index in [0.717, 1.165) is 23.8 Å². The maximum absolute atomic E-state index is 13.6. The van der Waals surface area contributed by atoms with E-state index in [4.69, 9.17) is 0 Å². The predicted molar refractivity (Wildman–Crippen MR) is 99.8 cm³/mol. The number of halogens is 4. The van der Waals surface area contributed by atoms with E-state index in [1.807, 2.05) is 6.92 Å². The van der Waals surface area contributed by atoms with Gasteiger partial charge in [-0.2, -0.15) is 0 Å². The summed E-state index contributed by atoms with van der Waals surface area (Å²) in [7, 11) is 0. The molecule has 0 aliphatic carbocycles. The van der Waals surface area contributed by atoms with E-state index >= 15 is 0 Å². The molecule has 0 aliphatic heterocycles. The van der Waals surface area contributed by atoms with Crippen molar-refractivity contribution in [2.24, 2.45) is 4.99 Å². The molecule has 0 atom stereocenters. The average Bonchev–Trinajstić information content (AvgIpc) is 2.54. The lowest BCUT2D eigenvalue weighted by Crippen LogP contribution is -2.37. The van der Waals surface area contributed by atoms with Crippen molar-refractivity contribution in [3.63, 3.8) is 0 Å². The summed E-state index contributed by atoms with van der Waals surface area (Å²) in [5, 5.41) is 5.96. The van der Waals surface area contributed by atoms with E-state index in [9.17, 15) is 13.2 Å². The molecule has 2 N–H and O–H groups in total. The standard InChI is InChI=1S/C17H18F3N3.HI/c1-2-21-17(22-10-12-3-5-14(18)6-4-12)23-11-13-9-15(19)7-8-16(13)20;/h3-9H,2,10-11H2,1H3,(H2,21,22,23);1H. The maximum atomic E-state index is 13.6. The molecule has 0 unspecified atom stereocenters. The van der Waals surface area contributed by atoms with Crippen LogP contribution in [0.4, 0.5) is 13.2 Å². The zero-order chi connectivity index (χ0) is 16.7. The molecule has 2 aromatic rings. The van der Waals surface area contributed by atoms with E-state index < -0.39 is 11.6 Å². The van der Waals surface area contributed by atoms with Gasteiger partial charge in [0.2, 0.25) is 0 Å². The third-order valence-electron chi connectivity index (χ3n) is 3.13. The van der Waals surface area contributed by atoms with Crippen LogP contribution >= 0.6 is 24.0 Å². The molecule has 24 heavy (non-hydrogen) atoms. The van der Waals surface area contributed by atoms with Crippen molar-refractivity contribution in [3.05, 3.63) is 71.0 Å². The monoisotopic (exact) mass is 449 g/mol. The Labute approximate surface area is 156 Å². The molecule has 130 valence electrons. The van der Waals surface area contributed by atoms with Gasteiger partial charge in [-0.3, -0.25) is 0 Å². The number of nitrogens with one attached hydrogen (secondary N) is 2. The Bertz CT molecular complexity index is 675. The van der Waals surface area contributed by atoms with Gasteiger partial charge in [0, 0.05) is 18.7 Å². The lowest BCUT2D eigenvalue weighted by molar-refractivity contribution is 0.581. The van der Waals surface area contributed by atoms with Gasteiger partial charge in [0.05, 0.1) is 6.54 Å². The minimum Gasteiger partial charge on any atom is -0.357 e. The van der Waals surface area contributed by atoms with Gasteiger partial charge < -0.3 is 10.6 Å². The summed E-state index contributed by atoms with van der Waals surface area (Å²) in [4.78, 5) is 4.34. The Hall–Kier alpha value is -1.77. The molecule has 3 nitrogen and oxygen atoms in total. The molecule has 0 spiro atoms. The quantitative estimate of drug-likeness (QED) is 0.412. The molecule has 0 saturated heterocycles. The first-order valence-corrected chi connectivity index (χ1v) is 7.29.